The van der Waals surface area contributed by atoms with Crippen LogP contribution in [0.5, 0.6) is 0 Å². The second kappa shape index (κ2) is 5.42. The van der Waals surface area contributed by atoms with Crippen molar-refractivity contribution in [2.24, 2.45) is 0 Å². The molecular formula is C13H12ClFN2O. The summed E-state index contributed by atoms with van der Waals surface area (Å²) in [6.45, 7) is 2.06. The highest BCUT2D eigenvalue weighted by molar-refractivity contribution is 6.29. The third-order valence-electron chi connectivity index (χ3n) is 2.47. The Balaban J connectivity index is 2.45. The minimum absolute atomic E-state index is 0.158. The molecule has 0 aliphatic rings. The van der Waals surface area contributed by atoms with E-state index in [9.17, 15) is 4.39 Å². The molecule has 0 aliphatic heterocycles. The molecule has 0 saturated heterocycles. The van der Waals surface area contributed by atoms with Gasteiger partial charge in [-0.25, -0.2) is 14.4 Å². The summed E-state index contributed by atoms with van der Waals surface area (Å²) in [6, 6.07) is 7.55. The molecule has 1 aromatic heterocycles. The van der Waals surface area contributed by atoms with Gasteiger partial charge in [-0.2, -0.15) is 0 Å². The average Bonchev–Trinajstić information content (AvgIpc) is 2.36. The zero-order chi connectivity index (χ0) is 13.1. The molecule has 1 aromatic carbocycles. The molecule has 0 atom stereocenters. The molecule has 0 aliphatic carbocycles. The van der Waals surface area contributed by atoms with Crippen molar-refractivity contribution in [2.75, 3.05) is 7.11 Å². The summed E-state index contributed by atoms with van der Waals surface area (Å²) in [6.07, 6.45) is 0. The molecule has 5 heteroatoms. The summed E-state index contributed by atoms with van der Waals surface area (Å²) in [7, 11) is 1.63. The van der Waals surface area contributed by atoms with Crippen molar-refractivity contribution in [2.45, 2.75) is 13.5 Å². The Morgan fingerprint density at radius 2 is 2.11 bits per heavy atom. The minimum atomic E-state index is -0.575. The van der Waals surface area contributed by atoms with E-state index in [1.807, 2.05) is 24.3 Å². The quantitative estimate of drug-likeness (QED) is 0.799. The van der Waals surface area contributed by atoms with Gasteiger partial charge in [0, 0.05) is 12.7 Å². The van der Waals surface area contributed by atoms with E-state index in [0.29, 0.717) is 12.4 Å². The number of aromatic nitrogens is 2. The van der Waals surface area contributed by atoms with Gasteiger partial charge in [-0.15, -0.1) is 0 Å². The van der Waals surface area contributed by atoms with Gasteiger partial charge in [0.25, 0.3) is 0 Å². The van der Waals surface area contributed by atoms with E-state index in [1.54, 1.807) is 14.0 Å². The number of aryl methyl sites for hydroxylation is 1. The smallest absolute Gasteiger partial charge is 0.181 e. The first-order chi connectivity index (χ1) is 8.61. The number of hydrogen-bond acceptors (Lipinski definition) is 3. The largest absolute Gasteiger partial charge is 0.380 e. The lowest BCUT2D eigenvalue weighted by atomic mass is 10.1. The SMILES string of the molecule is COCc1cccc(-c2nc(C)c(F)c(Cl)n2)c1. The van der Waals surface area contributed by atoms with Gasteiger partial charge in [0.1, 0.15) is 0 Å². The third kappa shape index (κ3) is 2.66. The molecule has 1 heterocycles. The lowest BCUT2D eigenvalue weighted by Gasteiger charge is -2.06. The fraction of sp³-hybridized carbons (Fsp3) is 0.231. The van der Waals surface area contributed by atoms with E-state index in [-0.39, 0.29) is 10.8 Å². The zero-order valence-electron chi connectivity index (χ0n) is 10.1. The second-order valence-electron chi connectivity index (χ2n) is 3.87. The van der Waals surface area contributed by atoms with E-state index >= 15 is 0 Å². The molecule has 0 saturated carbocycles. The molecule has 0 fully saturated rings. The van der Waals surface area contributed by atoms with Crippen molar-refractivity contribution in [3.63, 3.8) is 0 Å². The first-order valence-corrected chi connectivity index (χ1v) is 5.77. The predicted octanol–water partition coefficient (Wildman–Crippen LogP) is 3.39. The normalized spacial score (nSPS) is 10.7. The van der Waals surface area contributed by atoms with Crippen LogP contribution >= 0.6 is 11.6 Å². The van der Waals surface area contributed by atoms with Crippen molar-refractivity contribution in [3.8, 4) is 11.4 Å². The number of hydrogen-bond donors (Lipinski definition) is 0. The van der Waals surface area contributed by atoms with E-state index in [4.69, 9.17) is 16.3 Å². The fourth-order valence-electron chi connectivity index (χ4n) is 1.62. The van der Waals surface area contributed by atoms with Crippen LogP contribution in [0.15, 0.2) is 24.3 Å². The van der Waals surface area contributed by atoms with Crippen molar-refractivity contribution in [1.29, 1.82) is 0 Å². The van der Waals surface area contributed by atoms with E-state index in [2.05, 4.69) is 9.97 Å². The number of ether oxygens (including phenoxy) is 1. The molecule has 0 bridgehead atoms. The molecule has 2 rings (SSSR count). The van der Waals surface area contributed by atoms with Crippen LogP contribution in [-0.4, -0.2) is 17.1 Å². The van der Waals surface area contributed by atoms with Crippen LogP contribution in [0.2, 0.25) is 5.15 Å². The Morgan fingerprint density at radius 3 is 2.78 bits per heavy atom. The molecular weight excluding hydrogens is 255 g/mol. The number of methoxy groups -OCH3 is 1. The zero-order valence-corrected chi connectivity index (χ0v) is 10.8. The Kier molecular flexibility index (Phi) is 3.89. The monoisotopic (exact) mass is 266 g/mol. The second-order valence-corrected chi connectivity index (χ2v) is 4.23. The molecule has 3 nitrogen and oxygen atoms in total. The molecule has 0 amide bonds. The van der Waals surface area contributed by atoms with Gasteiger partial charge in [0.05, 0.1) is 12.3 Å². The van der Waals surface area contributed by atoms with Crippen LogP contribution in [-0.2, 0) is 11.3 Å². The van der Waals surface area contributed by atoms with Gasteiger partial charge in [-0.3, -0.25) is 0 Å². The van der Waals surface area contributed by atoms with Gasteiger partial charge in [0.15, 0.2) is 16.8 Å². The van der Waals surface area contributed by atoms with Crippen LogP contribution in [0.3, 0.4) is 0 Å². The van der Waals surface area contributed by atoms with Crippen molar-refractivity contribution in [3.05, 3.63) is 46.5 Å². The van der Waals surface area contributed by atoms with Crippen molar-refractivity contribution < 1.29 is 9.13 Å². The Bertz CT molecular complexity index is 552. The maximum absolute atomic E-state index is 13.3. The average molecular weight is 267 g/mol. The Morgan fingerprint density at radius 1 is 1.33 bits per heavy atom. The maximum Gasteiger partial charge on any atom is 0.181 e. The summed E-state index contributed by atoms with van der Waals surface area (Å²) < 4.78 is 18.4. The van der Waals surface area contributed by atoms with Gasteiger partial charge in [-0.1, -0.05) is 29.8 Å². The maximum atomic E-state index is 13.3. The lowest BCUT2D eigenvalue weighted by molar-refractivity contribution is 0.185. The molecule has 0 N–H and O–H groups in total. The van der Waals surface area contributed by atoms with Crippen LogP contribution in [0.25, 0.3) is 11.4 Å². The standard InChI is InChI=1S/C13H12ClFN2O/c1-8-11(15)12(14)17-13(16-8)10-5-3-4-9(6-10)7-18-2/h3-6H,7H2,1-2H3. The van der Waals surface area contributed by atoms with E-state index in [0.717, 1.165) is 11.1 Å². The van der Waals surface area contributed by atoms with Gasteiger partial charge in [-0.05, 0) is 18.6 Å². The summed E-state index contributed by atoms with van der Waals surface area (Å²) >= 11 is 5.72. The minimum Gasteiger partial charge on any atom is -0.380 e. The van der Waals surface area contributed by atoms with E-state index in [1.165, 1.54) is 0 Å². The fourth-order valence-corrected chi connectivity index (χ4v) is 1.84. The Labute approximate surface area is 110 Å². The van der Waals surface area contributed by atoms with E-state index < -0.39 is 5.82 Å². The van der Waals surface area contributed by atoms with Crippen LogP contribution in [0.4, 0.5) is 4.39 Å². The highest BCUT2D eigenvalue weighted by Gasteiger charge is 2.11. The van der Waals surface area contributed by atoms with Crippen molar-refractivity contribution in [1.82, 2.24) is 9.97 Å². The highest BCUT2D eigenvalue weighted by atomic mass is 35.5. The first kappa shape index (κ1) is 12.9. The molecule has 0 unspecified atom stereocenters. The molecule has 0 radical (unpaired) electrons. The first-order valence-electron chi connectivity index (χ1n) is 5.39. The van der Waals surface area contributed by atoms with Gasteiger partial charge in [0.2, 0.25) is 0 Å². The molecule has 2 aromatic rings. The Hall–Kier alpha value is -1.52. The topological polar surface area (TPSA) is 35.0 Å². The van der Waals surface area contributed by atoms with Crippen molar-refractivity contribution >= 4 is 11.6 Å². The number of benzene rings is 1. The summed E-state index contributed by atoms with van der Waals surface area (Å²) in [5, 5.41) is -0.158. The molecule has 94 valence electrons. The third-order valence-corrected chi connectivity index (χ3v) is 2.72. The van der Waals surface area contributed by atoms with Crippen LogP contribution < -0.4 is 0 Å². The van der Waals surface area contributed by atoms with Crippen LogP contribution in [0.1, 0.15) is 11.3 Å². The lowest BCUT2D eigenvalue weighted by Crippen LogP contribution is -1.98. The molecule has 0 spiro atoms. The van der Waals surface area contributed by atoms with Crippen LogP contribution in [0, 0.1) is 12.7 Å². The van der Waals surface area contributed by atoms with Gasteiger partial charge < -0.3 is 4.74 Å². The molecule has 18 heavy (non-hydrogen) atoms. The summed E-state index contributed by atoms with van der Waals surface area (Å²) in [5.41, 5.74) is 2.02. The predicted molar refractivity (Wildman–Crippen MR) is 67.9 cm³/mol. The summed E-state index contributed by atoms with van der Waals surface area (Å²) in [4.78, 5) is 8.04. The number of halogens is 2. The number of rotatable bonds is 3. The summed E-state index contributed by atoms with van der Waals surface area (Å²) in [5.74, 6) is -0.162. The highest BCUT2D eigenvalue weighted by Crippen LogP contribution is 2.21. The van der Waals surface area contributed by atoms with Gasteiger partial charge >= 0.3 is 0 Å². The number of nitrogens with zero attached hydrogens (tertiary/aromatic N) is 2.